The Bertz CT molecular complexity index is 263. The second kappa shape index (κ2) is 5.36. The predicted molar refractivity (Wildman–Crippen MR) is 68.1 cm³/mol. The molecular formula is C13H26N2O2. The Balaban J connectivity index is 2.40. The second-order valence-electron chi connectivity index (χ2n) is 6.41. The number of carbonyl (C=O) groups excluding carboxylic acids is 1. The highest BCUT2D eigenvalue weighted by atomic mass is 16.7. The van der Waals surface area contributed by atoms with Gasteiger partial charge in [0, 0.05) is 13.1 Å². The van der Waals surface area contributed by atoms with Crippen LogP contribution in [-0.4, -0.2) is 30.7 Å². The minimum absolute atomic E-state index is 0.153. The van der Waals surface area contributed by atoms with Gasteiger partial charge in [-0.05, 0) is 52.0 Å². The summed E-state index contributed by atoms with van der Waals surface area (Å²) in [7, 11) is 0. The Morgan fingerprint density at radius 3 is 2.29 bits per heavy atom. The third-order valence-electron chi connectivity index (χ3n) is 3.50. The molecule has 0 unspecified atom stereocenters. The molecular weight excluding hydrogens is 216 g/mol. The maximum absolute atomic E-state index is 11.7. The standard InChI is InChI=1S/C13H26N2O2/c1-12(2,3)11(16)17-15-9-6-13(4,5-8-14)7-10-15/h5-10,14H2,1-4H3. The van der Waals surface area contributed by atoms with Crippen molar-refractivity contribution in [2.45, 2.75) is 47.0 Å². The summed E-state index contributed by atoms with van der Waals surface area (Å²) in [4.78, 5) is 17.1. The van der Waals surface area contributed by atoms with Gasteiger partial charge in [-0.1, -0.05) is 6.92 Å². The van der Waals surface area contributed by atoms with Crippen molar-refractivity contribution >= 4 is 5.97 Å². The van der Waals surface area contributed by atoms with Gasteiger partial charge >= 0.3 is 5.97 Å². The van der Waals surface area contributed by atoms with Crippen molar-refractivity contribution < 1.29 is 9.63 Å². The SMILES string of the molecule is CC1(CCN)CCN(OC(=O)C(C)(C)C)CC1. The summed E-state index contributed by atoms with van der Waals surface area (Å²) in [5, 5.41) is 1.80. The summed E-state index contributed by atoms with van der Waals surface area (Å²) in [6.07, 6.45) is 3.14. The number of hydrogen-bond donors (Lipinski definition) is 1. The van der Waals surface area contributed by atoms with Crippen molar-refractivity contribution in [2.75, 3.05) is 19.6 Å². The first-order chi connectivity index (χ1) is 7.77. The number of carbonyl (C=O) groups is 1. The van der Waals surface area contributed by atoms with Crippen LogP contribution in [0.5, 0.6) is 0 Å². The number of hydroxylamine groups is 2. The average Bonchev–Trinajstić information content (AvgIpc) is 2.20. The third-order valence-corrected chi connectivity index (χ3v) is 3.50. The van der Waals surface area contributed by atoms with Crippen molar-refractivity contribution in [3.63, 3.8) is 0 Å². The van der Waals surface area contributed by atoms with E-state index in [9.17, 15) is 4.79 Å². The van der Waals surface area contributed by atoms with E-state index in [4.69, 9.17) is 10.6 Å². The molecule has 1 aliphatic rings. The fourth-order valence-corrected chi connectivity index (χ4v) is 1.97. The molecule has 1 heterocycles. The van der Waals surface area contributed by atoms with Crippen molar-refractivity contribution in [3.05, 3.63) is 0 Å². The van der Waals surface area contributed by atoms with Gasteiger partial charge in [-0.25, -0.2) is 4.79 Å². The molecule has 0 bridgehead atoms. The Kier molecular flexibility index (Phi) is 4.55. The highest BCUT2D eigenvalue weighted by molar-refractivity contribution is 5.75. The zero-order chi connectivity index (χ0) is 13.1. The molecule has 1 saturated heterocycles. The molecule has 0 aromatic carbocycles. The lowest BCUT2D eigenvalue weighted by Crippen LogP contribution is -2.42. The van der Waals surface area contributed by atoms with E-state index >= 15 is 0 Å². The number of nitrogens with two attached hydrogens (primary N) is 1. The van der Waals surface area contributed by atoms with Crippen LogP contribution in [0.15, 0.2) is 0 Å². The molecule has 17 heavy (non-hydrogen) atoms. The largest absolute Gasteiger partial charge is 0.367 e. The van der Waals surface area contributed by atoms with Crippen molar-refractivity contribution in [2.24, 2.45) is 16.6 Å². The van der Waals surface area contributed by atoms with Crippen LogP contribution in [0, 0.1) is 10.8 Å². The molecule has 1 aliphatic heterocycles. The normalized spacial score (nSPS) is 21.2. The number of nitrogens with zero attached hydrogens (tertiary/aromatic N) is 1. The molecule has 0 aliphatic carbocycles. The van der Waals surface area contributed by atoms with Crippen LogP contribution in [0.4, 0.5) is 0 Å². The van der Waals surface area contributed by atoms with E-state index in [1.807, 2.05) is 20.8 Å². The molecule has 1 rings (SSSR count). The van der Waals surface area contributed by atoms with Crippen LogP contribution in [0.1, 0.15) is 47.0 Å². The lowest BCUT2D eigenvalue weighted by Gasteiger charge is -2.38. The molecule has 0 spiro atoms. The maximum atomic E-state index is 11.7. The zero-order valence-electron chi connectivity index (χ0n) is 11.6. The summed E-state index contributed by atoms with van der Waals surface area (Å²) in [6, 6.07) is 0. The van der Waals surface area contributed by atoms with Gasteiger partial charge < -0.3 is 10.6 Å². The lowest BCUT2D eigenvalue weighted by molar-refractivity contribution is -0.209. The van der Waals surface area contributed by atoms with Crippen LogP contribution in [-0.2, 0) is 9.63 Å². The minimum Gasteiger partial charge on any atom is -0.367 e. The van der Waals surface area contributed by atoms with E-state index in [1.54, 1.807) is 5.06 Å². The fourth-order valence-electron chi connectivity index (χ4n) is 1.97. The van der Waals surface area contributed by atoms with E-state index in [0.717, 1.165) is 38.9 Å². The Morgan fingerprint density at radius 1 is 1.35 bits per heavy atom. The lowest BCUT2D eigenvalue weighted by atomic mass is 9.78. The monoisotopic (exact) mass is 242 g/mol. The van der Waals surface area contributed by atoms with E-state index in [0.29, 0.717) is 5.41 Å². The number of rotatable bonds is 3. The van der Waals surface area contributed by atoms with Crippen LogP contribution in [0.2, 0.25) is 0 Å². The molecule has 0 aromatic rings. The summed E-state index contributed by atoms with van der Waals surface area (Å²) in [5.41, 5.74) is 5.50. The maximum Gasteiger partial charge on any atom is 0.330 e. The molecule has 100 valence electrons. The summed E-state index contributed by atoms with van der Waals surface area (Å²) >= 11 is 0. The molecule has 4 nitrogen and oxygen atoms in total. The predicted octanol–water partition coefficient (Wildman–Crippen LogP) is 1.94. The summed E-state index contributed by atoms with van der Waals surface area (Å²) in [6.45, 7) is 10.3. The van der Waals surface area contributed by atoms with Crippen LogP contribution in [0.3, 0.4) is 0 Å². The van der Waals surface area contributed by atoms with Crippen molar-refractivity contribution in [1.82, 2.24) is 5.06 Å². The molecule has 0 aromatic heterocycles. The molecule has 0 amide bonds. The molecule has 4 heteroatoms. The van der Waals surface area contributed by atoms with Crippen LogP contribution >= 0.6 is 0 Å². The van der Waals surface area contributed by atoms with Gasteiger partial charge in [0.1, 0.15) is 0 Å². The molecule has 1 fully saturated rings. The zero-order valence-corrected chi connectivity index (χ0v) is 11.6. The topological polar surface area (TPSA) is 55.6 Å². The van der Waals surface area contributed by atoms with Gasteiger partial charge in [-0.2, -0.15) is 0 Å². The third kappa shape index (κ3) is 4.28. The first-order valence-electron chi connectivity index (χ1n) is 6.44. The van der Waals surface area contributed by atoms with Gasteiger partial charge in [0.2, 0.25) is 0 Å². The van der Waals surface area contributed by atoms with E-state index in [2.05, 4.69) is 6.92 Å². The van der Waals surface area contributed by atoms with Crippen molar-refractivity contribution in [3.8, 4) is 0 Å². The molecule has 0 saturated carbocycles. The Morgan fingerprint density at radius 2 is 1.88 bits per heavy atom. The molecule has 0 atom stereocenters. The second-order valence-corrected chi connectivity index (χ2v) is 6.41. The first-order valence-corrected chi connectivity index (χ1v) is 6.44. The summed E-state index contributed by atoms with van der Waals surface area (Å²) in [5.74, 6) is -0.153. The van der Waals surface area contributed by atoms with Crippen molar-refractivity contribution in [1.29, 1.82) is 0 Å². The van der Waals surface area contributed by atoms with Gasteiger partial charge in [0.15, 0.2) is 0 Å². The van der Waals surface area contributed by atoms with E-state index < -0.39 is 5.41 Å². The highest BCUT2D eigenvalue weighted by Crippen LogP contribution is 2.34. The smallest absolute Gasteiger partial charge is 0.330 e. The summed E-state index contributed by atoms with van der Waals surface area (Å²) < 4.78 is 0. The Labute approximate surface area is 104 Å². The quantitative estimate of drug-likeness (QED) is 0.821. The van der Waals surface area contributed by atoms with Gasteiger partial charge in [-0.15, -0.1) is 5.06 Å². The minimum atomic E-state index is -0.433. The van der Waals surface area contributed by atoms with Gasteiger partial charge in [-0.3, -0.25) is 0 Å². The van der Waals surface area contributed by atoms with E-state index in [-0.39, 0.29) is 5.97 Å². The Hall–Kier alpha value is -0.610. The number of hydrogen-bond acceptors (Lipinski definition) is 4. The van der Waals surface area contributed by atoms with Crippen LogP contribution in [0.25, 0.3) is 0 Å². The average molecular weight is 242 g/mol. The number of piperidine rings is 1. The van der Waals surface area contributed by atoms with Crippen LogP contribution < -0.4 is 5.73 Å². The molecule has 0 radical (unpaired) electrons. The van der Waals surface area contributed by atoms with Gasteiger partial charge in [0.25, 0.3) is 0 Å². The van der Waals surface area contributed by atoms with E-state index in [1.165, 1.54) is 0 Å². The van der Waals surface area contributed by atoms with Gasteiger partial charge in [0.05, 0.1) is 5.41 Å². The first kappa shape index (κ1) is 14.5. The highest BCUT2D eigenvalue weighted by Gasteiger charge is 2.32. The fraction of sp³-hybridized carbons (Fsp3) is 0.923. The molecule has 2 N–H and O–H groups in total.